The van der Waals surface area contributed by atoms with Crippen LogP contribution < -0.4 is 0 Å². The molecule has 0 aliphatic heterocycles. The molecule has 0 aromatic carbocycles. The standard InChI is InChI=1S/C9H18OS/c1-7(2)11-9-6-4-3-5-8(9)10/h7-10H,3-6H2,1-2H3. The van der Waals surface area contributed by atoms with Gasteiger partial charge in [-0.25, -0.2) is 0 Å². The summed E-state index contributed by atoms with van der Waals surface area (Å²) in [6.07, 6.45) is 4.72. The maximum absolute atomic E-state index is 9.60. The van der Waals surface area contributed by atoms with Gasteiger partial charge in [-0.2, -0.15) is 11.8 Å². The van der Waals surface area contributed by atoms with E-state index in [0.717, 1.165) is 6.42 Å². The van der Waals surface area contributed by atoms with Crippen molar-refractivity contribution in [3.8, 4) is 0 Å². The SMILES string of the molecule is CC(C)SC1CCCCC1O. The second-order valence-electron chi connectivity index (χ2n) is 3.58. The first-order valence-corrected chi connectivity index (χ1v) is 5.48. The second-order valence-corrected chi connectivity index (χ2v) is 5.40. The molecule has 2 unspecified atom stereocenters. The molecule has 66 valence electrons. The van der Waals surface area contributed by atoms with E-state index in [9.17, 15) is 5.11 Å². The molecule has 0 heterocycles. The van der Waals surface area contributed by atoms with Crippen LogP contribution in [0.4, 0.5) is 0 Å². The molecule has 0 spiro atoms. The molecule has 0 aromatic rings. The highest BCUT2D eigenvalue weighted by atomic mass is 32.2. The van der Waals surface area contributed by atoms with Gasteiger partial charge in [0.2, 0.25) is 0 Å². The molecule has 1 saturated carbocycles. The number of hydrogen-bond acceptors (Lipinski definition) is 2. The zero-order valence-corrected chi connectivity index (χ0v) is 8.23. The Balaban J connectivity index is 2.29. The minimum Gasteiger partial charge on any atom is -0.392 e. The summed E-state index contributed by atoms with van der Waals surface area (Å²) in [5, 5.41) is 10.8. The predicted octanol–water partition coefficient (Wildman–Crippen LogP) is 2.43. The molecule has 0 saturated heterocycles. The van der Waals surface area contributed by atoms with Gasteiger partial charge in [0.1, 0.15) is 0 Å². The minimum atomic E-state index is -0.0313. The Hall–Kier alpha value is 0.310. The largest absolute Gasteiger partial charge is 0.392 e. The number of aliphatic hydroxyl groups is 1. The minimum absolute atomic E-state index is 0.0313. The van der Waals surface area contributed by atoms with Gasteiger partial charge in [-0.15, -0.1) is 0 Å². The van der Waals surface area contributed by atoms with Crippen LogP contribution in [0.15, 0.2) is 0 Å². The Labute approximate surface area is 73.6 Å². The lowest BCUT2D eigenvalue weighted by atomic mass is 9.97. The zero-order valence-electron chi connectivity index (χ0n) is 7.42. The summed E-state index contributed by atoms with van der Waals surface area (Å²) in [7, 11) is 0. The highest BCUT2D eigenvalue weighted by Gasteiger charge is 2.23. The van der Waals surface area contributed by atoms with Crippen LogP contribution in [0.3, 0.4) is 0 Å². The molecule has 0 bridgehead atoms. The zero-order chi connectivity index (χ0) is 8.27. The van der Waals surface area contributed by atoms with Crippen LogP contribution >= 0.6 is 11.8 Å². The van der Waals surface area contributed by atoms with E-state index < -0.39 is 0 Å². The predicted molar refractivity (Wildman–Crippen MR) is 51.0 cm³/mol. The molecule has 2 heteroatoms. The van der Waals surface area contributed by atoms with Gasteiger partial charge in [0.15, 0.2) is 0 Å². The number of thioether (sulfide) groups is 1. The molecule has 1 N–H and O–H groups in total. The average molecular weight is 174 g/mol. The van der Waals surface area contributed by atoms with Gasteiger partial charge in [-0.3, -0.25) is 0 Å². The molecule has 0 radical (unpaired) electrons. The summed E-state index contributed by atoms with van der Waals surface area (Å²) in [6.45, 7) is 4.40. The van der Waals surface area contributed by atoms with Crippen molar-refractivity contribution < 1.29 is 5.11 Å². The van der Waals surface area contributed by atoms with Gasteiger partial charge in [0.25, 0.3) is 0 Å². The van der Waals surface area contributed by atoms with Crippen molar-refractivity contribution in [3.63, 3.8) is 0 Å². The van der Waals surface area contributed by atoms with Gasteiger partial charge in [0, 0.05) is 5.25 Å². The maximum Gasteiger partial charge on any atom is 0.0658 e. The van der Waals surface area contributed by atoms with Gasteiger partial charge in [-0.05, 0) is 18.1 Å². The van der Waals surface area contributed by atoms with Gasteiger partial charge in [-0.1, -0.05) is 26.7 Å². The van der Waals surface area contributed by atoms with Crippen LogP contribution in [0.1, 0.15) is 39.5 Å². The van der Waals surface area contributed by atoms with Crippen molar-refractivity contribution in [1.82, 2.24) is 0 Å². The van der Waals surface area contributed by atoms with E-state index >= 15 is 0 Å². The van der Waals surface area contributed by atoms with Crippen LogP contribution in [0.25, 0.3) is 0 Å². The highest BCUT2D eigenvalue weighted by Crippen LogP contribution is 2.30. The summed E-state index contributed by atoms with van der Waals surface area (Å²) in [5.74, 6) is 0. The summed E-state index contributed by atoms with van der Waals surface area (Å²) in [4.78, 5) is 0. The summed E-state index contributed by atoms with van der Waals surface area (Å²) in [6, 6.07) is 0. The fraction of sp³-hybridized carbons (Fsp3) is 1.00. The third-order valence-corrected chi connectivity index (χ3v) is 3.56. The Morgan fingerprint density at radius 2 is 1.91 bits per heavy atom. The second kappa shape index (κ2) is 4.36. The fourth-order valence-electron chi connectivity index (χ4n) is 1.59. The summed E-state index contributed by atoms with van der Waals surface area (Å²) >= 11 is 1.93. The molecule has 0 aromatic heterocycles. The molecular weight excluding hydrogens is 156 g/mol. The number of aliphatic hydroxyl groups excluding tert-OH is 1. The van der Waals surface area contributed by atoms with Crippen LogP contribution in [0.2, 0.25) is 0 Å². The lowest BCUT2D eigenvalue weighted by Crippen LogP contribution is -2.27. The molecular formula is C9H18OS. The van der Waals surface area contributed by atoms with Crippen LogP contribution in [0, 0.1) is 0 Å². The molecule has 2 atom stereocenters. The van der Waals surface area contributed by atoms with E-state index in [4.69, 9.17) is 0 Å². The Morgan fingerprint density at radius 1 is 1.27 bits per heavy atom. The fourth-order valence-corrected chi connectivity index (χ4v) is 2.90. The maximum atomic E-state index is 9.60. The van der Waals surface area contributed by atoms with E-state index in [1.165, 1.54) is 19.3 Å². The summed E-state index contributed by atoms with van der Waals surface area (Å²) in [5.41, 5.74) is 0. The van der Waals surface area contributed by atoms with Crippen LogP contribution in [-0.4, -0.2) is 21.7 Å². The van der Waals surface area contributed by atoms with Gasteiger partial charge in [0.05, 0.1) is 6.10 Å². The molecule has 0 amide bonds. The lowest BCUT2D eigenvalue weighted by molar-refractivity contribution is 0.137. The van der Waals surface area contributed by atoms with Crippen molar-refractivity contribution in [2.45, 2.75) is 56.1 Å². The van der Waals surface area contributed by atoms with Crippen LogP contribution in [0.5, 0.6) is 0 Å². The monoisotopic (exact) mass is 174 g/mol. The number of hydrogen-bond donors (Lipinski definition) is 1. The van der Waals surface area contributed by atoms with E-state index in [1.54, 1.807) is 0 Å². The molecule has 11 heavy (non-hydrogen) atoms. The first-order chi connectivity index (χ1) is 5.20. The molecule has 1 nitrogen and oxygen atoms in total. The van der Waals surface area contributed by atoms with E-state index in [2.05, 4.69) is 13.8 Å². The van der Waals surface area contributed by atoms with Gasteiger partial charge >= 0.3 is 0 Å². The average Bonchev–Trinajstić information content (AvgIpc) is 1.93. The number of rotatable bonds is 2. The lowest BCUT2D eigenvalue weighted by Gasteiger charge is -2.28. The topological polar surface area (TPSA) is 20.2 Å². The molecule has 1 rings (SSSR count). The van der Waals surface area contributed by atoms with Crippen LogP contribution in [-0.2, 0) is 0 Å². The van der Waals surface area contributed by atoms with Crippen molar-refractivity contribution in [1.29, 1.82) is 0 Å². The molecule has 1 aliphatic carbocycles. The Kier molecular flexibility index (Phi) is 3.73. The van der Waals surface area contributed by atoms with Crippen molar-refractivity contribution in [3.05, 3.63) is 0 Å². The van der Waals surface area contributed by atoms with Crippen molar-refractivity contribution in [2.24, 2.45) is 0 Å². The first kappa shape index (κ1) is 9.40. The van der Waals surface area contributed by atoms with Crippen molar-refractivity contribution in [2.75, 3.05) is 0 Å². The van der Waals surface area contributed by atoms with E-state index in [0.29, 0.717) is 10.5 Å². The molecule has 1 aliphatic rings. The third kappa shape index (κ3) is 3.04. The van der Waals surface area contributed by atoms with E-state index in [-0.39, 0.29) is 6.10 Å². The normalized spacial score (nSPS) is 32.7. The quantitative estimate of drug-likeness (QED) is 0.694. The first-order valence-electron chi connectivity index (χ1n) is 4.53. The van der Waals surface area contributed by atoms with Crippen molar-refractivity contribution >= 4 is 11.8 Å². The third-order valence-electron chi connectivity index (χ3n) is 2.11. The summed E-state index contributed by atoms with van der Waals surface area (Å²) < 4.78 is 0. The Bertz CT molecular complexity index is 114. The van der Waals surface area contributed by atoms with Gasteiger partial charge < -0.3 is 5.11 Å². The highest BCUT2D eigenvalue weighted by molar-refractivity contribution is 8.00. The Morgan fingerprint density at radius 3 is 2.45 bits per heavy atom. The smallest absolute Gasteiger partial charge is 0.0658 e. The van der Waals surface area contributed by atoms with E-state index in [1.807, 2.05) is 11.8 Å². The molecule has 1 fully saturated rings.